The number of aliphatic hydroxyl groups excluding tert-OH is 4. The molecular formula is C22H23O12+. The van der Waals surface area contributed by atoms with E-state index in [1.807, 2.05) is 0 Å². The maximum Gasteiger partial charge on any atom is 0.402 e. The van der Waals surface area contributed by atoms with Crippen LogP contribution in [0.4, 0.5) is 0 Å². The van der Waals surface area contributed by atoms with Crippen molar-refractivity contribution in [3.63, 3.8) is 0 Å². The van der Waals surface area contributed by atoms with Crippen LogP contribution in [0, 0.1) is 0 Å². The third-order valence-electron chi connectivity index (χ3n) is 5.44. The van der Waals surface area contributed by atoms with E-state index >= 15 is 0 Å². The Bertz CT molecular complexity index is 1210. The van der Waals surface area contributed by atoms with Crippen molar-refractivity contribution in [2.45, 2.75) is 30.7 Å². The molecular weight excluding hydrogens is 456 g/mol. The zero-order chi connectivity index (χ0) is 24.7. The highest BCUT2D eigenvalue weighted by molar-refractivity contribution is 5.88. The Morgan fingerprint density at radius 2 is 1.62 bits per heavy atom. The summed E-state index contributed by atoms with van der Waals surface area (Å²) in [5.41, 5.74) is 0.136. The number of hydrogen-bond acceptors (Lipinski definition) is 11. The first-order valence-corrected chi connectivity index (χ1v) is 10.0. The third-order valence-corrected chi connectivity index (χ3v) is 5.44. The minimum atomic E-state index is -1.74. The first kappa shape index (κ1) is 23.6. The molecule has 0 unspecified atom stereocenters. The van der Waals surface area contributed by atoms with Crippen LogP contribution in [0.15, 0.2) is 34.7 Å². The van der Waals surface area contributed by atoms with Gasteiger partial charge in [-0.25, -0.2) is 4.42 Å². The van der Waals surface area contributed by atoms with Crippen molar-refractivity contribution in [2.75, 3.05) is 13.7 Å². The second-order valence-electron chi connectivity index (χ2n) is 7.68. The van der Waals surface area contributed by atoms with Gasteiger partial charge in [0.1, 0.15) is 41.3 Å². The van der Waals surface area contributed by atoms with Crippen LogP contribution in [0.1, 0.15) is 0 Å². The fourth-order valence-corrected chi connectivity index (χ4v) is 3.64. The molecule has 8 N–H and O–H groups in total. The minimum Gasteiger partial charge on any atom is -0.507 e. The molecule has 0 amide bonds. The van der Waals surface area contributed by atoms with Gasteiger partial charge in [-0.3, -0.25) is 0 Å². The maximum absolute atomic E-state index is 10.4. The first-order chi connectivity index (χ1) is 16.1. The molecule has 0 bridgehead atoms. The molecule has 1 aromatic heterocycles. The number of aromatic hydroxyl groups is 4. The van der Waals surface area contributed by atoms with Gasteiger partial charge in [-0.2, -0.15) is 0 Å². The molecule has 12 heteroatoms. The molecule has 3 aromatic rings. The van der Waals surface area contributed by atoms with E-state index in [0.717, 1.165) is 12.1 Å². The lowest BCUT2D eigenvalue weighted by molar-refractivity contribution is -0.277. The number of benzene rings is 2. The molecule has 2 aromatic carbocycles. The predicted octanol–water partition coefficient (Wildman–Crippen LogP) is 0.391. The van der Waals surface area contributed by atoms with Crippen LogP contribution in [-0.4, -0.2) is 85.3 Å². The fourth-order valence-electron chi connectivity index (χ4n) is 3.64. The van der Waals surface area contributed by atoms with Gasteiger partial charge in [0.05, 0.1) is 25.3 Å². The van der Waals surface area contributed by atoms with Crippen LogP contribution in [0.25, 0.3) is 22.3 Å². The second kappa shape index (κ2) is 9.00. The van der Waals surface area contributed by atoms with E-state index in [-0.39, 0.29) is 45.3 Å². The highest BCUT2D eigenvalue weighted by atomic mass is 16.7. The summed E-state index contributed by atoms with van der Waals surface area (Å²) in [5, 5.41) is 80.1. The summed E-state index contributed by atoms with van der Waals surface area (Å²) in [6.45, 7) is -0.678. The zero-order valence-electron chi connectivity index (χ0n) is 17.7. The van der Waals surface area contributed by atoms with Gasteiger partial charge in [-0.15, -0.1) is 0 Å². The largest absolute Gasteiger partial charge is 0.507 e. The molecule has 0 spiro atoms. The molecule has 0 radical (unpaired) electrons. The van der Waals surface area contributed by atoms with Gasteiger partial charge in [0.2, 0.25) is 17.8 Å². The van der Waals surface area contributed by atoms with Crippen molar-refractivity contribution in [3.05, 3.63) is 30.3 Å². The van der Waals surface area contributed by atoms with Crippen molar-refractivity contribution in [1.29, 1.82) is 0 Å². The average Bonchev–Trinajstić information content (AvgIpc) is 2.81. The normalized spacial score (nSPS) is 24.8. The molecule has 1 fully saturated rings. The average molecular weight is 479 g/mol. The lowest BCUT2D eigenvalue weighted by Crippen LogP contribution is -2.60. The number of rotatable bonds is 5. The molecule has 12 nitrogen and oxygen atoms in total. The van der Waals surface area contributed by atoms with E-state index in [1.54, 1.807) is 0 Å². The summed E-state index contributed by atoms with van der Waals surface area (Å²) in [4.78, 5) is 0. The highest BCUT2D eigenvalue weighted by Gasteiger charge is 2.45. The van der Waals surface area contributed by atoms with Gasteiger partial charge >= 0.3 is 11.3 Å². The number of phenols is 4. The number of phenolic OH excluding ortho intramolecular Hbond substituents is 4. The Morgan fingerprint density at radius 1 is 0.882 bits per heavy atom. The minimum absolute atomic E-state index is 0.0141. The summed E-state index contributed by atoms with van der Waals surface area (Å²) >= 11 is 0. The topological polar surface area (TPSA) is 201 Å². The molecule has 2 heterocycles. The van der Waals surface area contributed by atoms with Crippen LogP contribution in [0.5, 0.6) is 34.5 Å². The molecule has 34 heavy (non-hydrogen) atoms. The molecule has 0 aliphatic carbocycles. The van der Waals surface area contributed by atoms with Crippen molar-refractivity contribution in [2.24, 2.45) is 0 Å². The van der Waals surface area contributed by atoms with Gasteiger partial charge in [-0.1, -0.05) is 0 Å². The second-order valence-corrected chi connectivity index (χ2v) is 7.68. The Balaban J connectivity index is 1.87. The standard InChI is InChI=1S/C22H22O12/c1-31-14-3-8(2-12(26)17(14)27)21-15(6-10-11(25)4-9(24)5-13(10)32-21)33-22-20(30)19(29)18(28)16(7-23)34-22/h2-6,16,18-20,22-23,28-30H,7H2,1H3,(H3-,24,25,26,27)/p+1/t16-,18-,19+,20-,22-/m1/s1. The van der Waals surface area contributed by atoms with Crippen LogP contribution in [0.2, 0.25) is 0 Å². The van der Waals surface area contributed by atoms with E-state index in [2.05, 4.69) is 0 Å². The Labute approximate surface area is 191 Å². The first-order valence-electron chi connectivity index (χ1n) is 10.0. The van der Waals surface area contributed by atoms with E-state index in [0.29, 0.717) is 0 Å². The summed E-state index contributed by atoms with van der Waals surface area (Å²) in [5.74, 6) is -2.12. The summed E-state index contributed by atoms with van der Waals surface area (Å²) in [6.07, 6.45) is -7.88. The van der Waals surface area contributed by atoms with Crippen LogP contribution in [-0.2, 0) is 4.74 Å². The van der Waals surface area contributed by atoms with Crippen LogP contribution >= 0.6 is 0 Å². The smallest absolute Gasteiger partial charge is 0.402 e. The molecule has 4 rings (SSSR count). The number of ether oxygens (including phenoxy) is 3. The molecule has 5 atom stereocenters. The highest BCUT2D eigenvalue weighted by Crippen LogP contribution is 2.45. The maximum atomic E-state index is 10.4. The van der Waals surface area contributed by atoms with Crippen LogP contribution < -0.4 is 9.47 Å². The zero-order valence-corrected chi connectivity index (χ0v) is 17.7. The fraction of sp³-hybridized carbons (Fsp3) is 0.318. The number of methoxy groups -OCH3 is 1. The van der Waals surface area contributed by atoms with Crippen molar-refractivity contribution in [1.82, 2.24) is 0 Å². The summed E-state index contributed by atoms with van der Waals surface area (Å²) in [7, 11) is 1.26. The molecule has 182 valence electrons. The number of hydrogen-bond donors (Lipinski definition) is 8. The van der Waals surface area contributed by atoms with Gasteiger partial charge in [-0.05, 0) is 0 Å². The summed E-state index contributed by atoms with van der Waals surface area (Å²) < 4.78 is 22.0. The van der Waals surface area contributed by atoms with Crippen LogP contribution in [0.3, 0.4) is 0 Å². The van der Waals surface area contributed by atoms with E-state index in [9.17, 15) is 40.9 Å². The molecule has 1 saturated heterocycles. The molecule has 1 aliphatic heterocycles. The van der Waals surface area contributed by atoms with Gasteiger partial charge in [0.25, 0.3) is 0 Å². The predicted molar refractivity (Wildman–Crippen MR) is 114 cm³/mol. The van der Waals surface area contributed by atoms with Crippen molar-refractivity contribution in [3.8, 4) is 45.8 Å². The van der Waals surface area contributed by atoms with E-state index in [4.69, 9.17) is 18.6 Å². The van der Waals surface area contributed by atoms with Crippen molar-refractivity contribution >= 4 is 11.0 Å². The van der Waals surface area contributed by atoms with Gasteiger partial charge in [0.15, 0.2) is 11.5 Å². The van der Waals surface area contributed by atoms with Crippen molar-refractivity contribution < 1.29 is 59.5 Å². The third kappa shape index (κ3) is 4.08. The number of fused-ring (bicyclic) bond motifs is 1. The monoisotopic (exact) mass is 479 g/mol. The quantitative estimate of drug-likeness (QED) is 0.185. The lowest BCUT2D eigenvalue weighted by atomic mass is 9.99. The SMILES string of the molecule is COc1cc(-c2[o+]c3cc(O)cc(O)c3cc2O[C@@H]2O[C@H](CO)[C@@H](O)[C@H](O)[C@H]2O)cc(O)c1O. The Morgan fingerprint density at radius 3 is 2.29 bits per heavy atom. The Kier molecular flexibility index (Phi) is 6.25. The van der Waals surface area contributed by atoms with Gasteiger partial charge in [0, 0.05) is 24.3 Å². The molecule has 0 saturated carbocycles. The molecule has 1 aliphatic rings. The lowest BCUT2D eigenvalue weighted by Gasteiger charge is -2.39. The van der Waals surface area contributed by atoms with Gasteiger partial charge < -0.3 is 55.1 Å². The Hall–Kier alpha value is -3.55. The number of aliphatic hydroxyl groups is 4. The van der Waals surface area contributed by atoms with E-state index in [1.165, 1.54) is 25.3 Å². The van der Waals surface area contributed by atoms with E-state index < -0.39 is 48.8 Å². The summed E-state index contributed by atoms with van der Waals surface area (Å²) in [6, 6.07) is 6.01.